The van der Waals surface area contributed by atoms with Crippen molar-refractivity contribution >= 4 is 23.2 Å². The van der Waals surface area contributed by atoms with Crippen LogP contribution in [0.4, 0.5) is 11.4 Å². The SMILES string of the molecule is CC(=O)Nc1ccc(NC(=O)[C@@H]2C[C@H]3C=C[C@H]2C3)cc1. The molecule has 0 aliphatic heterocycles. The van der Waals surface area contributed by atoms with Crippen molar-refractivity contribution in [1.29, 1.82) is 0 Å². The van der Waals surface area contributed by atoms with Gasteiger partial charge in [-0.1, -0.05) is 12.2 Å². The van der Waals surface area contributed by atoms with Crippen molar-refractivity contribution in [3.8, 4) is 0 Å². The first-order valence-electron chi connectivity index (χ1n) is 6.98. The molecule has 0 spiro atoms. The fourth-order valence-corrected chi connectivity index (χ4v) is 3.16. The number of nitrogens with one attached hydrogen (secondary N) is 2. The largest absolute Gasteiger partial charge is 0.326 e. The third-order valence-electron chi connectivity index (χ3n) is 4.09. The molecular weight excluding hydrogens is 252 g/mol. The average molecular weight is 270 g/mol. The molecule has 1 fully saturated rings. The predicted octanol–water partition coefficient (Wildman–Crippen LogP) is 2.80. The van der Waals surface area contributed by atoms with E-state index in [1.165, 1.54) is 6.92 Å². The number of carbonyl (C=O) groups is 2. The molecule has 2 N–H and O–H groups in total. The Bertz CT molecular complexity index is 562. The Morgan fingerprint density at radius 3 is 2.15 bits per heavy atom. The third-order valence-corrected chi connectivity index (χ3v) is 4.09. The summed E-state index contributed by atoms with van der Waals surface area (Å²) in [5, 5.41) is 5.67. The Kier molecular flexibility index (Phi) is 3.30. The Morgan fingerprint density at radius 1 is 1.00 bits per heavy atom. The maximum atomic E-state index is 12.3. The first-order chi connectivity index (χ1) is 9.61. The Labute approximate surface area is 118 Å². The molecule has 2 amide bonds. The zero-order valence-electron chi connectivity index (χ0n) is 11.4. The standard InChI is InChI=1S/C16H18N2O2/c1-10(19)17-13-4-6-14(7-5-13)18-16(20)15-9-11-2-3-12(15)8-11/h2-7,11-12,15H,8-9H2,1H3,(H,17,19)(H,18,20)/t11-,12-,15+/m0/s1. The molecule has 0 radical (unpaired) electrons. The number of hydrogen-bond acceptors (Lipinski definition) is 2. The molecule has 3 rings (SSSR count). The van der Waals surface area contributed by atoms with Gasteiger partial charge in [0.05, 0.1) is 0 Å². The summed E-state index contributed by atoms with van der Waals surface area (Å²) in [5.41, 5.74) is 1.51. The third kappa shape index (κ3) is 2.59. The summed E-state index contributed by atoms with van der Waals surface area (Å²) in [6.07, 6.45) is 6.51. The summed E-state index contributed by atoms with van der Waals surface area (Å²) < 4.78 is 0. The molecule has 2 aliphatic rings. The van der Waals surface area contributed by atoms with Crippen molar-refractivity contribution in [1.82, 2.24) is 0 Å². The number of benzene rings is 1. The van der Waals surface area contributed by atoms with Crippen LogP contribution in [0.15, 0.2) is 36.4 Å². The van der Waals surface area contributed by atoms with Crippen molar-refractivity contribution in [2.75, 3.05) is 10.6 Å². The topological polar surface area (TPSA) is 58.2 Å². The van der Waals surface area contributed by atoms with Crippen LogP contribution in [0.2, 0.25) is 0 Å². The van der Waals surface area contributed by atoms with Gasteiger partial charge in [-0.15, -0.1) is 0 Å². The molecule has 0 heterocycles. The highest BCUT2D eigenvalue weighted by atomic mass is 16.2. The molecule has 4 heteroatoms. The molecule has 0 aromatic heterocycles. The van der Waals surface area contributed by atoms with Crippen LogP contribution in [0.3, 0.4) is 0 Å². The van der Waals surface area contributed by atoms with E-state index in [1.807, 2.05) is 12.1 Å². The quantitative estimate of drug-likeness (QED) is 0.830. The van der Waals surface area contributed by atoms with Gasteiger partial charge < -0.3 is 10.6 Å². The summed E-state index contributed by atoms with van der Waals surface area (Å²) in [5.74, 6) is 1.13. The second kappa shape index (κ2) is 5.12. The van der Waals surface area contributed by atoms with Gasteiger partial charge in [-0.05, 0) is 48.9 Å². The van der Waals surface area contributed by atoms with Gasteiger partial charge in [0.15, 0.2) is 0 Å². The van der Waals surface area contributed by atoms with Crippen LogP contribution in [0, 0.1) is 17.8 Å². The van der Waals surface area contributed by atoms with E-state index < -0.39 is 0 Å². The van der Waals surface area contributed by atoms with E-state index in [9.17, 15) is 9.59 Å². The molecule has 3 atom stereocenters. The lowest BCUT2D eigenvalue weighted by Gasteiger charge is -2.17. The van der Waals surface area contributed by atoms with Crippen LogP contribution in [-0.2, 0) is 9.59 Å². The smallest absolute Gasteiger partial charge is 0.228 e. The lowest BCUT2D eigenvalue weighted by molar-refractivity contribution is -0.120. The zero-order valence-corrected chi connectivity index (χ0v) is 11.4. The first kappa shape index (κ1) is 12.9. The molecule has 1 aromatic rings. The second-order valence-electron chi connectivity index (χ2n) is 5.63. The van der Waals surface area contributed by atoms with Gasteiger partial charge in [0.1, 0.15) is 0 Å². The summed E-state index contributed by atoms with van der Waals surface area (Å²) in [7, 11) is 0. The first-order valence-corrected chi connectivity index (χ1v) is 6.98. The highest BCUT2D eigenvalue weighted by Gasteiger charge is 2.39. The molecule has 104 valence electrons. The van der Waals surface area contributed by atoms with Crippen LogP contribution in [0.25, 0.3) is 0 Å². The minimum Gasteiger partial charge on any atom is -0.326 e. The Morgan fingerprint density at radius 2 is 1.65 bits per heavy atom. The number of anilines is 2. The average Bonchev–Trinajstić information content (AvgIpc) is 3.03. The van der Waals surface area contributed by atoms with Gasteiger partial charge in [-0.2, -0.15) is 0 Å². The van der Waals surface area contributed by atoms with Gasteiger partial charge in [-0.3, -0.25) is 9.59 Å². The van der Waals surface area contributed by atoms with E-state index in [1.54, 1.807) is 12.1 Å². The number of allylic oxidation sites excluding steroid dienone is 2. The number of hydrogen-bond donors (Lipinski definition) is 2. The molecule has 20 heavy (non-hydrogen) atoms. The molecule has 0 saturated heterocycles. The fourth-order valence-electron chi connectivity index (χ4n) is 3.16. The van der Waals surface area contributed by atoms with E-state index >= 15 is 0 Å². The van der Waals surface area contributed by atoms with E-state index in [-0.39, 0.29) is 17.7 Å². The summed E-state index contributed by atoms with van der Waals surface area (Å²) in [6, 6.07) is 7.20. The van der Waals surface area contributed by atoms with E-state index in [0.29, 0.717) is 11.8 Å². The highest BCUT2D eigenvalue weighted by Crippen LogP contribution is 2.43. The van der Waals surface area contributed by atoms with E-state index in [4.69, 9.17) is 0 Å². The van der Waals surface area contributed by atoms with Crippen LogP contribution in [-0.4, -0.2) is 11.8 Å². The molecule has 1 aromatic carbocycles. The number of rotatable bonds is 3. The minimum absolute atomic E-state index is 0.101. The molecular formula is C16H18N2O2. The van der Waals surface area contributed by atoms with Gasteiger partial charge >= 0.3 is 0 Å². The summed E-state index contributed by atoms with van der Waals surface area (Å²) in [6.45, 7) is 1.47. The van der Waals surface area contributed by atoms with Gasteiger partial charge in [0.25, 0.3) is 0 Å². The van der Waals surface area contributed by atoms with Crippen LogP contribution in [0.5, 0.6) is 0 Å². The monoisotopic (exact) mass is 270 g/mol. The normalized spacial score (nSPS) is 26.6. The highest BCUT2D eigenvalue weighted by molar-refractivity contribution is 5.94. The number of carbonyl (C=O) groups excluding carboxylic acids is 2. The number of fused-ring (bicyclic) bond motifs is 2. The van der Waals surface area contributed by atoms with Crippen LogP contribution >= 0.6 is 0 Å². The Balaban J connectivity index is 1.61. The van der Waals surface area contributed by atoms with Gasteiger partial charge in [-0.25, -0.2) is 0 Å². The van der Waals surface area contributed by atoms with Crippen molar-refractivity contribution in [2.45, 2.75) is 19.8 Å². The maximum Gasteiger partial charge on any atom is 0.228 e. The minimum atomic E-state index is -0.101. The van der Waals surface area contributed by atoms with Gasteiger partial charge in [0.2, 0.25) is 11.8 Å². The Hall–Kier alpha value is -2.10. The van der Waals surface area contributed by atoms with Crippen molar-refractivity contribution in [3.63, 3.8) is 0 Å². The van der Waals surface area contributed by atoms with Crippen LogP contribution in [0.1, 0.15) is 19.8 Å². The van der Waals surface area contributed by atoms with Crippen LogP contribution < -0.4 is 10.6 Å². The summed E-state index contributed by atoms with van der Waals surface area (Å²) in [4.78, 5) is 23.2. The van der Waals surface area contributed by atoms with Crippen molar-refractivity contribution in [3.05, 3.63) is 36.4 Å². The summed E-state index contributed by atoms with van der Waals surface area (Å²) >= 11 is 0. The van der Waals surface area contributed by atoms with Gasteiger partial charge in [0, 0.05) is 24.2 Å². The molecule has 2 aliphatic carbocycles. The fraction of sp³-hybridized carbons (Fsp3) is 0.375. The zero-order chi connectivity index (χ0) is 14.1. The molecule has 4 nitrogen and oxygen atoms in total. The second-order valence-corrected chi connectivity index (χ2v) is 5.63. The predicted molar refractivity (Wildman–Crippen MR) is 78.2 cm³/mol. The van der Waals surface area contributed by atoms with E-state index in [2.05, 4.69) is 22.8 Å². The van der Waals surface area contributed by atoms with Crippen molar-refractivity contribution in [2.24, 2.45) is 17.8 Å². The lowest BCUT2D eigenvalue weighted by Crippen LogP contribution is -2.25. The molecule has 1 saturated carbocycles. The van der Waals surface area contributed by atoms with E-state index in [0.717, 1.165) is 24.2 Å². The lowest BCUT2D eigenvalue weighted by atomic mass is 9.93. The molecule has 2 bridgehead atoms. The number of amides is 2. The van der Waals surface area contributed by atoms with Crippen molar-refractivity contribution < 1.29 is 9.59 Å². The molecule has 0 unspecified atom stereocenters. The maximum absolute atomic E-state index is 12.3.